The number of aryl methyl sites for hydroxylation is 2. The molecule has 0 fully saturated rings. The average molecular weight is 336 g/mol. The predicted octanol–water partition coefficient (Wildman–Crippen LogP) is 3.29. The average Bonchev–Trinajstić information content (AvgIpc) is 2.80. The maximum atomic E-state index is 12.4. The van der Waals surface area contributed by atoms with Crippen molar-refractivity contribution in [3.63, 3.8) is 0 Å². The lowest BCUT2D eigenvalue weighted by Crippen LogP contribution is -2.14. The highest BCUT2D eigenvalue weighted by molar-refractivity contribution is 7.92. The second-order valence-electron chi connectivity index (χ2n) is 6.06. The van der Waals surface area contributed by atoms with E-state index in [4.69, 9.17) is 0 Å². The van der Waals surface area contributed by atoms with Crippen LogP contribution >= 0.6 is 0 Å². The molecule has 7 heteroatoms. The van der Waals surface area contributed by atoms with Crippen LogP contribution < -0.4 is 10.0 Å². The molecular weight excluding hydrogens is 312 g/mol. The summed E-state index contributed by atoms with van der Waals surface area (Å²) in [4.78, 5) is 0.205. The summed E-state index contributed by atoms with van der Waals surface area (Å²) in [7, 11) is -3.64. The molecule has 0 amide bonds. The molecule has 0 aliphatic heterocycles. The fourth-order valence-electron chi connectivity index (χ4n) is 2.30. The Hall–Kier alpha value is -2.02. The zero-order chi connectivity index (χ0) is 17.0. The highest BCUT2D eigenvalue weighted by Crippen LogP contribution is 2.22. The first kappa shape index (κ1) is 17.3. The van der Waals surface area contributed by atoms with E-state index < -0.39 is 10.0 Å². The lowest BCUT2D eigenvalue weighted by Gasteiger charge is -2.11. The van der Waals surface area contributed by atoms with Crippen LogP contribution in [0.1, 0.15) is 31.7 Å². The van der Waals surface area contributed by atoms with Crippen molar-refractivity contribution in [1.29, 1.82) is 0 Å². The molecule has 0 saturated carbocycles. The highest BCUT2D eigenvalue weighted by Gasteiger charge is 2.22. The fraction of sp³-hybridized carbons (Fsp3) is 0.438. The smallest absolute Gasteiger partial charge is 0.265 e. The van der Waals surface area contributed by atoms with Crippen molar-refractivity contribution in [3.05, 3.63) is 35.7 Å². The van der Waals surface area contributed by atoms with E-state index in [1.54, 1.807) is 26.0 Å². The van der Waals surface area contributed by atoms with Crippen molar-refractivity contribution in [3.8, 4) is 0 Å². The SMILES string of the molecule is Cc1n[nH]c(C)c1S(=O)(=O)Nc1ccc(NCCC(C)C)cc1. The zero-order valence-electron chi connectivity index (χ0n) is 14.0. The van der Waals surface area contributed by atoms with Gasteiger partial charge in [0.1, 0.15) is 4.90 Å². The van der Waals surface area contributed by atoms with Gasteiger partial charge in [0.2, 0.25) is 0 Å². The van der Waals surface area contributed by atoms with Crippen LogP contribution in [0, 0.1) is 19.8 Å². The number of benzene rings is 1. The lowest BCUT2D eigenvalue weighted by molar-refractivity contribution is 0.600. The van der Waals surface area contributed by atoms with Gasteiger partial charge in [-0.3, -0.25) is 9.82 Å². The van der Waals surface area contributed by atoms with Gasteiger partial charge in [-0.15, -0.1) is 0 Å². The number of nitrogens with zero attached hydrogens (tertiary/aromatic N) is 1. The first-order valence-electron chi connectivity index (χ1n) is 7.68. The molecule has 2 aromatic rings. The molecule has 0 unspecified atom stereocenters. The van der Waals surface area contributed by atoms with E-state index >= 15 is 0 Å². The van der Waals surface area contributed by atoms with Gasteiger partial charge in [-0.25, -0.2) is 8.42 Å². The second-order valence-corrected chi connectivity index (χ2v) is 7.67. The van der Waals surface area contributed by atoms with E-state index in [-0.39, 0.29) is 4.90 Å². The van der Waals surface area contributed by atoms with Gasteiger partial charge < -0.3 is 5.32 Å². The van der Waals surface area contributed by atoms with Crippen molar-refractivity contribution in [2.75, 3.05) is 16.6 Å². The summed E-state index contributed by atoms with van der Waals surface area (Å²) in [6.07, 6.45) is 1.09. The van der Waals surface area contributed by atoms with Crippen LogP contribution in [0.4, 0.5) is 11.4 Å². The maximum Gasteiger partial charge on any atom is 0.265 e. The molecule has 1 aromatic heterocycles. The number of sulfonamides is 1. The maximum absolute atomic E-state index is 12.4. The molecule has 1 heterocycles. The molecule has 3 N–H and O–H groups in total. The number of anilines is 2. The number of nitrogens with one attached hydrogen (secondary N) is 3. The van der Waals surface area contributed by atoms with Gasteiger partial charge in [-0.05, 0) is 50.5 Å². The Labute approximate surface area is 137 Å². The fourth-order valence-corrected chi connectivity index (χ4v) is 3.74. The van der Waals surface area contributed by atoms with E-state index in [0.717, 1.165) is 18.7 Å². The highest BCUT2D eigenvalue weighted by atomic mass is 32.2. The van der Waals surface area contributed by atoms with Gasteiger partial charge in [-0.1, -0.05) is 13.8 Å². The minimum atomic E-state index is -3.64. The minimum absolute atomic E-state index is 0.205. The first-order valence-corrected chi connectivity index (χ1v) is 9.16. The molecule has 2 rings (SSSR count). The van der Waals surface area contributed by atoms with Gasteiger partial charge in [0.05, 0.1) is 11.4 Å². The number of hydrogen-bond acceptors (Lipinski definition) is 4. The van der Waals surface area contributed by atoms with E-state index in [0.29, 0.717) is 23.0 Å². The summed E-state index contributed by atoms with van der Waals surface area (Å²) in [5, 5.41) is 9.94. The molecule has 23 heavy (non-hydrogen) atoms. The summed E-state index contributed by atoms with van der Waals surface area (Å²) in [5.74, 6) is 0.648. The topological polar surface area (TPSA) is 86.9 Å². The monoisotopic (exact) mass is 336 g/mol. The number of H-pyrrole nitrogens is 1. The zero-order valence-corrected chi connectivity index (χ0v) is 14.8. The van der Waals surface area contributed by atoms with Crippen molar-refractivity contribution >= 4 is 21.4 Å². The van der Waals surface area contributed by atoms with Crippen LogP contribution in [0.3, 0.4) is 0 Å². The van der Waals surface area contributed by atoms with Gasteiger partial charge in [0.15, 0.2) is 0 Å². The van der Waals surface area contributed by atoms with Crippen molar-refractivity contribution < 1.29 is 8.42 Å². The van der Waals surface area contributed by atoms with Crippen molar-refractivity contribution in [2.45, 2.75) is 39.0 Å². The first-order chi connectivity index (χ1) is 10.8. The van der Waals surface area contributed by atoms with Crippen LogP contribution in [0.25, 0.3) is 0 Å². The van der Waals surface area contributed by atoms with Gasteiger partial charge in [-0.2, -0.15) is 5.10 Å². The Balaban J connectivity index is 2.06. The summed E-state index contributed by atoms with van der Waals surface area (Å²) in [6, 6.07) is 7.24. The van der Waals surface area contributed by atoms with Crippen LogP contribution in [0.5, 0.6) is 0 Å². The van der Waals surface area contributed by atoms with E-state index in [1.165, 1.54) is 0 Å². The normalized spacial score (nSPS) is 11.7. The Kier molecular flexibility index (Phi) is 5.30. The molecule has 0 aliphatic carbocycles. The van der Waals surface area contributed by atoms with E-state index in [9.17, 15) is 8.42 Å². The molecule has 0 spiro atoms. The largest absolute Gasteiger partial charge is 0.385 e. The Morgan fingerprint density at radius 1 is 1.13 bits per heavy atom. The number of aromatic nitrogens is 2. The Morgan fingerprint density at radius 3 is 2.26 bits per heavy atom. The van der Waals surface area contributed by atoms with Crippen LogP contribution in [-0.4, -0.2) is 25.2 Å². The molecule has 126 valence electrons. The molecule has 0 bridgehead atoms. The van der Waals surface area contributed by atoms with Crippen molar-refractivity contribution in [1.82, 2.24) is 10.2 Å². The van der Waals surface area contributed by atoms with E-state index in [2.05, 4.69) is 34.1 Å². The lowest BCUT2D eigenvalue weighted by atomic mass is 10.1. The molecule has 1 aromatic carbocycles. The Bertz CT molecular complexity index is 729. The number of aromatic amines is 1. The van der Waals surface area contributed by atoms with Gasteiger partial charge in [0, 0.05) is 17.9 Å². The predicted molar refractivity (Wildman–Crippen MR) is 93.3 cm³/mol. The van der Waals surface area contributed by atoms with Gasteiger partial charge >= 0.3 is 0 Å². The third-order valence-electron chi connectivity index (χ3n) is 3.52. The number of rotatable bonds is 7. The molecule has 0 saturated heterocycles. The quantitative estimate of drug-likeness (QED) is 0.724. The molecule has 0 atom stereocenters. The van der Waals surface area contributed by atoms with Crippen LogP contribution in [0.2, 0.25) is 0 Å². The third-order valence-corrected chi connectivity index (χ3v) is 5.16. The molecule has 0 radical (unpaired) electrons. The standard InChI is InChI=1S/C16H24N4O2S/c1-11(2)9-10-17-14-5-7-15(8-6-14)20-23(21,22)16-12(3)18-19-13(16)4/h5-8,11,17,20H,9-10H2,1-4H3,(H,18,19). The van der Waals surface area contributed by atoms with Crippen LogP contribution in [-0.2, 0) is 10.0 Å². The van der Waals surface area contributed by atoms with Gasteiger partial charge in [0.25, 0.3) is 10.0 Å². The molecule has 6 nitrogen and oxygen atoms in total. The van der Waals surface area contributed by atoms with E-state index in [1.807, 2.05) is 12.1 Å². The van der Waals surface area contributed by atoms with Crippen LogP contribution in [0.15, 0.2) is 29.2 Å². The molecule has 0 aliphatic rings. The third kappa shape index (κ3) is 4.48. The molecular formula is C16H24N4O2S. The second kappa shape index (κ2) is 7.04. The summed E-state index contributed by atoms with van der Waals surface area (Å²) in [6.45, 7) is 8.62. The number of hydrogen-bond donors (Lipinski definition) is 3. The summed E-state index contributed by atoms with van der Waals surface area (Å²) < 4.78 is 27.5. The summed E-state index contributed by atoms with van der Waals surface area (Å²) in [5.41, 5.74) is 2.49. The Morgan fingerprint density at radius 2 is 1.74 bits per heavy atom. The van der Waals surface area contributed by atoms with Crippen molar-refractivity contribution in [2.24, 2.45) is 5.92 Å². The summed E-state index contributed by atoms with van der Waals surface area (Å²) >= 11 is 0. The minimum Gasteiger partial charge on any atom is -0.385 e.